The first-order valence-corrected chi connectivity index (χ1v) is 9.05. The minimum Gasteiger partial charge on any atom is -0.493 e. The van der Waals surface area contributed by atoms with Crippen LogP contribution in [-0.4, -0.2) is 40.5 Å². The highest BCUT2D eigenvalue weighted by Gasteiger charge is 2.25. The Hall–Kier alpha value is -2.90. The Kier molecular flexibility index (Phi) is 9.14. The smallest absolute Gasteiger partial charge is 0.379 e. The molecule has 0 fully saturated rings. The lowest BCUT2D eigenvalue weighted by atomic mass is 9.87. The summed E-state index contributed by atoms with van der Waals surface area (Å²) < 4.78 is 10.5. The van der Waals surface area contributed by atoms with Gasteiger partial charge in [0.1, 0.15) is 11.5 Å². The van der Waals surface area contributed by atoms with Crippen LogP contribution in [0.1, 0.15) is 52.4 Å². The topological polar surface area (TPSA) is 127 Å². The van der Waals surface area contributed by atoms with Crippen molar-refractivity contribution in [1.29, 1.82) is 0 Å². The largest absolute Gasteiger partial charge is 0.493 e. The van der Waals surface area contributed by atoms with Gasteiger partial charge in [-0.1, -0.05) is 18.9 Å². The zero-order valence-corrected chi connectivity index (χ0v) is 16.1. The molecule has 1 aromatic rings. The molecule has 0 saturated carbocycles. The number of ether oxygens (including phenoxy) is 2. The van der Waals surface area contributed by atoms with Crippen molar-refractivity contribution in [2.24, 2.45) is 5.41 Å². The maximum absolute atomic E-state index is 11.7. The van der Waals surface area contributed by atoms with Gasteiger partial charge >= 0.3 is 17.9 Å². The summed E-state index contributed by atoms with van der Waals surface area (Å²) in [5, 5.41) is 17.6. The molecule has 8 heteroatoms. The summed E-state index contributed by atoms with van der Waals surface area (Å²) in [6, 6.07) is 6.24. The molecule has 154 valence electrons. The Balaban J connectivity index is 2.37. The normalized spacial score (nSPS) is 10.9. The Morgan fingerprint density at radius 1 is 0.964 bits per heavy atom. The minimum absolute atomic E-state index is 0.134. The van der Waals surface area contributed by atoms with Crippen LogP contribution in [0.25, 0.3) is 0 Å². The first-order valence-electron chi connectivity index (χ1n) is 9.05. The van der Waals surface area contributed by atoms with Gasteiger partial charge in [-0.05, 0) is 38.8 Å². The molecule has 0 unspecified atom stereocenters. The van der Waals surface area contributed by atoms with E-state index in [4.69, 9.17) is 19.7 Å². The number of carbonyl (C=O) groups excluding carboxylic acids is 2. The molecular formula is C20H26O8. The molecule has 0 aliphatic rings. The molecule has 0 bridgehead atoms. The van der Waals surface area contributed by atoms with E-state index in [9.17, 15) is 19.2 Å². The molecule has 0 radical (unpaired) electrons. The third-order valence-electron chi connectivity index (χ3n) is 4.10. The van der Waals surface area contributed by atoms with Gasteiger partial charge in [0.15, 0.2) is 0 Å². The average molecular weight is 394 g/mol. The van der Waals surface area contributed by atoms with E-state index in [1.807, 2.05) is 0 Å². The van der Waals surface area contributed by atoms with Crippen molar-refractivity contribution in [1.82, 2.24) is 0 Å². The monoisotopic (exact) mass is 394 g/mol. The number of aliphatic carboxylic acids is 2. The van der Waals surface area contributed by atoms with Gasteiger partial charge in [0.2, 0.25) is 5.78 Å². The predicted molar refractivity (Wildman–Crippen MR) is 99.3 cm³/mol. The predicted octanol–water partition coefficient (Wildman–Crippen LogP) is 3.08. The number of ketones is 1. The van der Waals surface area contributed by atoms with Gasteiger partial charge in [-0.15, -0.1) is 0 Å². The van der Waals surface area contributed by atoms with Crippen LogP contribution in [0.15, 0.2) is 24.3 Å². The van der Waals surface area contributed by atoms with Crippen LogP contribution in [0.3, 0.4) is 0 Å². The van der Waals surface area contributed by atoms with Gasteiger partial charge in [0, 0.05) is 12.5 Å². The molecule has 1 rings (SSSR count). The standard InChI is InChI=1S/C20H26O8/c1-20(2,19(25)26)11-4-3-5-12-27-14-7-6-8-15(13-14)28-18(24)16(21)9-10-17(22)23/h6-8,13H,3-5,9-12H2,1-2H3,(H,22,23)(H,25,26). The summed E-state index contributed by atoms with van der Waals surface area (Å²) in [4.78, 5) is 44.6. The number of Topliss-reactive ketones (excluding diaryl/α,β-unsaturated/α-hetero) is 1. The second-order valence-corrected chi connectivity index (χ2v) is 7.03. The SMILES string of the molecule is CC(C)(CCCCCOc1cccc(OC(=O)C(=O)CCC(=O)O)c1)C(=O)O. The van der Waals surface area contributed by atoms with Gasteiger partial charge in [0.05, 0.1) is 18.4 Å². The number of carboxylic acid groups (broad SMARTS) is 2. The third kappa shape index (κ3) is 8.66. The zero-order valence-electron chi connectivity index (χ0n) is 16.1. The molecular weight excluding hydrogens is 368 g/mol. The van der Waals surface area contributed by atoms with Crippen molar-refractivity contribution in [3.8, 4) is 11.5 Å². The van der Waals surface area contributed by atoms with E-state index in [1.165, 1.54) is 12.1 Å². The summed E-state index contributed by atoms with van der Waals surface area (Å²) in [6.07, 6.45) is 2.09. The highest BCUT2D eigenvalue weighted by atomic mass is 16.5. The quantitative estimate of drug-likeness (QED) is 0.226. The van der Waals surface area contributed by atoms with Gasteiger partial charge in [0.25, 0.3) is 0 Å². The molecule has 2 N–H and O–H groups in total. The second-order valence-electron chi connectivity index (χ2n) is 7.03. The van der Waals surface area contributed by atoms with E-state index >= 15 is 0 Å². The Morgan fingerprint density at radius 2 is 1.64 bits per heavy atom. The van der Waals surface area contributed by atoms with Crippen LogP contribution in [0.2, 0.25) is 0 Å². The summed E-state index contributed by atoms with van der Waals surface area (Å²) in [7, 11) is 0. The van der Waals surface area contributed by atoms with Crippen LogP contribution in [0.5, 0.6) is 11.5 Å². The van der Waals surface area contributed by atoms with Crippen LogP contribution in [0.4, 0.5) is 0 Å². The van der Waals surface area contributed by atoms with Crippen molar-refractivity contribution >= 4 is 23.7 Å². The van der Waals surface area contributed by atoms with Crippen LogP contribution in [-0.2, 0) is 19.2 Å². The van der Waals surface area contributed by atoms with Gasteiger partial charge < -0.3 is 19.7 Å². The first kappa shape index (κ1) is 23.1. The van der Waals surface area contributed by atoms with Gasteiger partial charge in [-0.25, -0.2) is 4.79 Å². The van der Waals surface area contributed by atoms with Crippen molar-refractivity contribution in [3.63, 3.8) is 0 Å². The average Bonchev–Trinajstić information content (AvgIpc) is 2.62. The number of rotatable bonds is 13. The van der Waals surface area contributed by atoms with Gasteiger partial charge in [-0.3, -0.25) is 14.4 Å². The first-order chi connectivity index (χ1) is 13.1. The van der Waals surface area contributed by atoms with Crippen molar-refractivity contribution in [2.75, 3.05) is 6.61 Å². The Labute approximate surface area is 163 Å². The van der Waals surface area contributed by atoms with E-state index in [2.05, 4.69) is 0 Å². The van der Waals surface area contributed by atoms with E-state index < -0.39 is 41.9 Å². The molecule has 0 aliphatic heterocycles. The molecule has 1 aromatic carbocycles. The highest BCUT2D eigenvalue weighted by molar-refractivity contribution is 6.34. The molecule has 0 aromatic heterocycles. The van der Waals surface area contributed by atoms with Crippen molar-refractivity contribution < 1.29 is 38.9 Å². The molecule has 0 aliphatic carbocycles. The number of unbranched alkanes of at least 4 members (excludes halogenated alkanes) is 2. The summed E-state index contributed by atoms with van der Waals surface area (Å²) in [6.45, 7) is 3.82. The number of benzene rings is 1. The third-order valence-corrected chi connectivity index (χ3v) is 4.10. The van der Waals surface area contributed by atoms with Crippen molar-refractivity contribution in [3.05, 3.63) is 24.3 Å². The second kappa shape index (κ2) is 11.1. The van der Waals surface area contributed by atoms with Crippen molar-refractivity contribution in [2.45, 2.75) is 52.4 Å². The fourth-order valence-electron chi connectivity index (χ4n) is 2.26. The van der Waals surface area contributed by atoms with E-state index in [-0.39, 0.29) is 5.75 Å². The summed E-state index contributed by atoms with van der Waals surface area (Å²) in [5.74, 6) is -3.39. The minimum atomic E-state index is -1.16. The molecule has 0 spiro atoms. The fourth-order valence-corrected chi connectivity index (χ4v) is 2.26. The maximum atomic E-state index is 11.7. The number of hydrogen-bond donors (Lipinski definition) is 2. The van der Waals surface area contributed by atoms with Crippen LogP contribution >= 0.6 is 0 Å². The molecule has 28 heavy (non-hydrogen) atoms. The maximum Gasteiger partial charge on any atom is 0.379 e. The summed E-state index contributed by atoms with van der Waals surface area (Å²) in [5.41, 5.74) is -0.735. The molecule has 0 heterocycles. The number of esters is 1. The number of carboxylic acids is 2. The lowest BCUT2D eigenvalue weighted by Gasteiger charge is -2.18. The zero-order chi connectivity index (χ0) is 21.2. The Morgan fingerprint density at radius 3 is 2.29 bits per heavy atom. The Bertz CT molecular complexity index is 708. The van der Waals surface area contributed by atoms with Crippen LogP contribution < -0.4 is 9.47 Å². The van der Waals surface area contributed by atoms with Crippen LogP contribution in [0, 0.1) is 5.41 Å². The van der Waals surface area contributed by atoms with Gasteiger partial charge in [-0.2, -0.15) is 0 Å². The molecule has 0 saturated heterocycles. The number of hydrogen-bond acceptors (Lipinski definition) is 6. The lowest BCUT2D eigenvalue weighted by Crippen LogP contribution is -2.23. The van der Waals surface area contributed by atoms with E-state index in [1.54, 1.807) is 26.0 Å². The highest BCUT2D eigenvalue weighted by Crippen LogP contribution is 2.24. The molecule has 8 nitrogen and oxygen atoms in total. The summed E-state index contributed by atoms with van der Waals surface area (Å²) >= 11 is 0. The number of carbonyl (C=O) groups is 4. The fraction of sp³-hybridized carbons (Fsp3) is 0.500. The molecule has 0 atom stereocenters. The van der Waals surface area contributed by atoms with E-state index in [0.29, 0.717) is 18.8 Å². The lowest BCUT2D eigenvalue weighted by molar-refractivity contribution is -0.148. The molecule has 0 amide bonds. The van der Waals surface area contributed by atoms with E-state index in [0.717, 1.165) is 19.3 Å².